The third-order valence-corrected chi connectivity index (χ3v) is 4.75. The molecule has 3 aromatic rings. The van der Waals surface area contributed by atoms with Crippen LogP contribution in [0.25, 0.3) is 5.69 Å². The molecule has 0 saturated carbocycles. The number of hydrogen-bond donors (Lipinski definition) is 0. The third-order valence-electron chi connectivity index (χ3n) is 4.75. The van der Waals surface area contributed by atoms with Crippen molar-refractivity contribution in [1.29, 1.82) is 0 Å². The second-order valence-electron chi connectivity index (χ2n) is 6.52. The highest BCUT2D eigenvalue weighted by Gasteiger charge is 2.31. The molecule has 7 heteroatoms. The number of aromatic nitrogens is 1. The van der Waals surface area contributed by atoms with E-state index in [9.17, 15) is 13.2 Å². The van der Waals surface area contributed by atoms with Gasteiger partial charge in [0.2, 0.25) is 0 Å². The van der Waals surface area contributed by atoms with Gasteiger partial charge in [-0.15, -0.1) is 0 Å². The molecular formula is C21H19F3N2O2. The Hall–Kier alpha value is -2.93. The summed E-state index contributed by atoms with van der Waals surface area (Å²) in [6, 6.07) is 14.8. The number of rotatable bonds is 4. The highest BCUT2D eigenvalue weighted by molar-refractivity contribution is 5.53. The molecular weight excluding hydrogens is 369 g/mol. The van der Waals surface area contributed by atoms with Crippen LogP contribution in [0.15, 0.2) is 67.0 Å². The summed E-state index contributed by atoms with van der Waals surface area (Å²) < 4.78 is 51.8. The van der Waals surface area contributed by atoms with E-state index >= 15 is 0 Å². The molecule has 4 nitrogen and oxygen atoms in total. The minimum Gasteiger partial charge on any atom is -0.497 e. The molecule has 0 bridgehead atoms. The molecule has 146 valence electrons. The molecule has 1 aromatic heterocycles. The summed E-state index contributed by atoms with van der Waals surface area (Å²) in [6.07, 6.45) is -1.13. The van der Waals surface area contributed by atoms with Crippen molar-refractivity contribution in [2.45, 2.75) is 12.4 Å². The van der Waals surface area contributed by atoms with E-state index < -0.39 is 11.7 Å². The molecule has 0 radical (unpaired) electrons. The summed E-state index contributed by atoms with van der Waals surface area (Å²) in [5.74, 6) is 0.754. The molecule has 1 fully saturated rings. The smallest absolute Gasteiger partial charge is 0.416 e. The molecule has 1 atom stereocenters. The van der Waals surface area contributed by atoms with E-state index in [4.69, 9.17) is 9.47 Å². The monoisotopic (exact) mass is 388 g/mol. The lowest BCUT2D eigenvalue weighted by Crippen LogP contribution is -2.23. The van der Waals surface area contributed by atoms with Crippen LogP contribution in [-0.4, -0.2) is 24.8 Å². The van der Waals surface area contributed by atoms with Crippen molar-refractivity contribution < 1.29 is 22.6 Å². The Morgan fingerprint density at radius 3 is 2.61 bits per heavy atom. The zero-order valence-corrected chi connectivity index (χ0v) is 15.2. The SMILES string of the molecule is COc1cccc(N2CCO[C@@H]2c2ccn(-c3cccc(C(F)(F)F)c3)c2)c1. The molecule has 1 aliphatic rings. The van der Waals surface area contributed by atoms with Gasteiger partial charge < -0.3 is 18.9 Å². The number of halogens is 3. The van der Waals surface area contributed by atoms with Gasteiger partial charge in [0.15, 0.2) is 6.23 Å². The van der Waals surface area contributed by atoms with Crippen LogP contribution in [0, 0.1) is 0 Å². The Balaban J connectivity index is 1.62. The molecule has 2 aromatic carbocycles. The van der Waals surface area contributed by atoms with E-state index in [-0.39, 0.29) is 6.23 Å². The van der Waals surface area contributed by atoms with Crippen LogP contribution in [0.2, 0.25) is 0 Å². The molecule has 28 heavy (non-hydrogen) atoms. The van der Waals surface area contributed by atoms with Gasteiger partial charge in [0.05, 0.1) is 19.3 Å². The van der Waals surface area contributed by atoms with Crippen LogP contribution < -0.4 is 9.64 Å². The first-order valence-electron chi connectivity index (χ1n) is 8.83. The van der Waals surface area contributed by atoms with Gasteiger partial charge in [-0.3, -0.25) is 0 Å². The predicted molar refractivity (Wildman–Crippen MR) is 99.8 cm³/mol. The van der Waals surface area contributed by atoms with E-state index in [1.54, 1.807) is 30.1 Å². The summed E-state index contributed by atoms with van der Waals surface area (Å²) in [4.78, 5) is 2.11. The molecule has 1 aliphatic heterocycles. The van der Waals surface area contributed by atoms with Gasteiger partial charge in [0, 0.05) is 41.9 Å². The van der Waals surface area contributed by atoms with E-state index in [0.717, 1.165) is 29.1 Å². The third kappa shape index (κ3) is 3.57. The maximum atomic E-state index is 13.0. The zero-order valence-electron chi connectivity index (χ0n) is 15.2. The van der Waals surface area contributed by atoms with Gasteiger partial charge >= 0.3 is 6.18 Å². The predicted octanol–water partition coefficient (Wildman–Crippen LogP) is 5.04. The van der Waals surface area contributed by atoms with Crippen molar-refractivity contribution in [2.24, 2.45) is 0 Å². The average molecular weight is 388 g/mol. The van der Waals surface area contributed by atoms with Gasteiger partial charge in [-0.1, -0.05) is 12.1 Å². The average Bonchev–Trinajstić information content (AvgIpc) is 3.37. The van der Waals surface area contributed by atoms with Gasteiger partial charge in [0.1, 0.15) is 5.75 Å². The highest BCUT2D eigenvalue weighted by Crippen LogP contribution is 2.35. The largest absolute Gasteiger partial charge is 0.497 e. The topological polar surface area (TPSA) is 26.6 Å². The lowest BCUT2D eigenvalue weighted by molar-refractivity contribution is -0.137. The normalized spacial score (nSPS) is 17.1. The molecule has 0 N–H and O–H groups in total. The fourth-order valence-corrected chi connectivity index (χ4v) is 3.36. The Kier molecular flexibility index (Phi) is 4.77. The fourth-order valence-electron chi connectivity index (χ4n) is 3.36. The standard InChI is InChI=1S/C21H19F3N2O2/c1-27-19-7-3-6-18(13-19)26-10-11-28-20(26)15-8-9-25(14-15)17-5-2-4-16(12-17)21(22,23)24/h2-9,12-14,20H,10-11H2,1H3/t20-/m1/s1. The van der Waals surface area contributed by atoms with Gasteiger partial charge in [-0.05, 0) is 36.4 Å². The number of alkyl halides is 3. The lowest BCUT2D eigenvalue weighted by Gasteiger charge is -2.25. The van der Waals surface area contributed by atoms with Crippen LogP contribution in [-0.2, 0) is 10.9 Å². The number of nitrogens with zero attached hydrogens (tertiary/aromatic N) is 2. The van der Waals surface area contributed by atoms with Crippen LogP contribution in [0.4, 0.5) is 18.9 Å². The molecule has 0 unspecified atom stereocenters. The van der Waals surface area contributed by atoms with Crippen molar-refractivity contribution >= 4 is 5.69 Å². The van der Waals surface area contributed by atoms with E-state index in [1.165, 1.54) is 6.07 Å². The van der Waals surface area contributed by atoms with Crippen LogP contribution in [0.5, 0.6) is 5.75 Å². The van der Waals surface area contributed by atoms with Crippen LogP contribution in [0.1, 0.15) is 17.4 Å². The second-order valence-corrected chi connectivity index (χ2v) is 6.52. The van der Waals surface area contributed by atoms with Crippen molar-refractivity contribution in [3.8, 4) is 11.4 Å². The van der Waals surface area contributed by atoms with Gasteiger partial charge in [0.25, 0.3) is 0 Å². The first-order chi connectivity index (χ1) is 13.5. The summed E-state index contributed by atoms with van der Waals surface area (Å²) in [6.45, 7) is 1.28. The zero-order chi connectivity index (χ0) is 19.7. The molecule has 2 heterocycles. The van der Waals surface area contributed by atoms with Gasteiger partial charge in [-0.25, -0.2) is 0 Å². The minimum atomic E-state index is -4.37. The van der Waals surface area contributed by atoms with Crippen LogP contribution >= 0.6 is 0 Å². The molecule has 0 spiro atoms. The van der Waals surface area contributed by atoms with Crippen molar-refractivity contribution in [2.75, 3.05) is 25.2 Å². The maximum Gasteiger partial charge on any atom is 0.416 e. The number of benzene rings is 2. The van der Waals surface area contributed by atoms with E-state index in [0.29, 0.717) is 18.8 Å². The summed E-state index contributed by atoms with van der Waals surface area (Å²) >= 11 is 0. The minimum absolute atomic E-state index is 0.306. The molecule has 1 saturated heterocycles. The Morgan fingerprint density at radius 1 is 1.04 bits per heavy atom. The lowest BCUT2D eigenvalue weighted by atomic mass is 10.2. The van der Waals surface area contributed by atoms with Crippen LogP contribution in [0.3, 0.4) is 0 Å². The quantitative estimate of drug-likeness (QED) is 0.627. The van der Waals surface area contributed by atoms with Crippen molar-refractivity contribution in [1.82, 2.24) is 4.57 Å². The van der Waals surface area contributed by atoms with E-state index in [2.05, 4.69) is 4.90 Å². The van der Waals surface area contributed by atoms with Crippen molar-refractivity contribution in [3.05, 3.63) is 78.1 Å². The highest BCUT2D eigenvalue weighted by atomic mass is 19.4. The molecule has 0 aliphatic carbocycles. The second kappa shape index (κ2) is 7.24. The Labute approximate surface area is 160 Å². The number of hydrogen-bond acceptors (Lipinski definition) is 3. The van der Waals surface area contributed by atoms with E-state index in [1.807, 2.05) is 30.3 Å². The maximum absolute atomic E-state index is 13.0. The Morgan fingerprint density at radius 2 is 1.82 bits per heavy atom. The summed E-state index contributed by atoms with van der Waals surface area (Å²) in [5.41, 5.74) is 1.62. The Bertz CT molecular complexity index is 968. The molecule has 4 rings (SSSR count). The first-order valence-corrected chi connectivity index (χ1v) is 8.83. The van der Waals surface area contributed by atoms with Gasteiger partial charge in [-0.2, -0.15) is 13.2 Å². The summed E-state index contributed by atoms with van der Waals surface area (Å²) in [5, 5.41) is 0. The number of anilines is 1. The first kappa shape index (κ1) is 18.4. The fraction of sp³-hybridized carbons (Fsp3) is 0.238. The number of methoxy groups -OCH3 is 1. The number of ether oxygens (including phenoxy) is 2. The molecule has 0 amide bonds. The van der Waals surface area contributed by atoms with Crippen molar-refractivity contribution in [3.63, 3.8) is 0 Å². The summed E-state index contributed by atoms with van der Waals surface area (Å²) in [7, 11) is 1.62.